The van der Waals surface area contributed by atoms with E-state index in [1.165, 1.54) is 0 Å². The average Bonchev–Trinajstić information content (AvgIpc) is 3.23. The van der Waals surface area contributed by atoms with Crippen LogP contribution in [0.25, 0.3) is 10.7 Å². The number of rotatable bonds is 5. The number of hydrogen-bond acceptors (Lipinski definition) is 4. The van der Waals surface area contributed by atoms with Crippen LogP contribution in [0.4, 0.5) is 10.2 Å². The summed E-state index contributed by atoms with van der Waals surface area (Å²) in [6.45, 7) is 8.41. The number of hydrogen-bond donors (Lipinski definition) is 2. The molecule has 1 atom stereocenters. The second kappa shape index (κ2) is 9.76. The van der Waals surface area contributed by atoms with Gasteiger partial charge in [-0.25, -0.2) is 9.07 Å². The van der Waals surface area contributed by atoms with Crippen molar-refractivity contribution in [3.05, 3.63) is 47.2 Å². The zero-order chi connectivity index (χ0) is 20.0. The molecule has 0 aliphatic carbocycles. The summed E-state index contributed by atoms with van der Waals surface area (Å²) in [6.07, 6.45) is -0.128. The fourth-order valence-electron chi connectivity index (χ4n) is 3.14. The molecular weight excluding hydrogens is 365 g/mol. The van der Waals surface area contributed by atoms with E-state index in [-0.39, 0.29) is 0 Å². The molecule has 1 aliphatic heterocycles. The van der Waals surface area contributed by atoms with Crippen molar-refractivity contribution in [2.24, 2.45) is 5.73 Å². The van der Waals surface area contributed by atoms with Gasteiger partial charge in [-0.05, 0) is 18.9 Å². The highest BCUT2D eigenvalue weighted by Crippen LogP contribution is 2.32. The molecule has 27 heavy (non-hydrogen) atoms. The lowest BCUT2D eigenvalue weighted by Gasteiger charge is -2.15. The molecule has 1 aromatic carbocycles. The first-order valence-corrected chi connectivity index (χ1v) is 9.75. The summed E-state index contributed by atoms with van der Waals surface area (Å²) in [6, 6.07) is 9.52. The van der Waals surface area contributed by atoms with Crippen molar-refractivity contribution < 1.29 is 4.39 Å². The fraction of sp³-hybridized carbons (Fsp3) is 0.450. The van der Waals surface area contributed by atoms with E-state index < -0.39 is 6.17 Å². The van der Waals surface area contributed by atoms with Crippen molar-refractivity contribution in [1.29, 1.82) is 0 Å². The van der Waals surface area contributed by atoms with Gasteiger partial charge in [-0.2, -0.15) is 5.10 Å². The summed E-state index contributed by atoms with van der Waals surface area (Å²) in [4.78, 5) is 2.08. The van der Waals surface area contributed by atoms with E-state index in [4.69, 9.17) is 23.1 Å². The van der Waals surface area contributed by atoms with Crippen molar-refractivity contribution in [3.63, 3.8) is 0 Å². The Bertz CT molecular complexity index is 772. The highest BCUT2D eigenvalue weighted by atomic mass is 35.5. The number of anilines is 1. The van der Waals surface area contributed by atoms with E-state index in [0.717, 1.165) is 17.8 Å². The van der Waals surface area contributed by atoms with E-state index in [9.17, 15) is 4.39 Å². The Morgan fingerprint density at radius 1 is 1.26 bits per heavy atom. The van der Waals surface area contributed by atoms with Crippen LogP contribution in [0.3, 0.4) is 0 Å². The minimum Gasteiger partial charge on any atom is -0.397 e. The Hall–Kier alpha value is -2.05. The third kappa shape index (κ3) is 5.02. The lowest BCUT2D eigenvalue weighted by atomic mass is 10.1. The van der Waals surface area contributed by atoms with Gasteiger partial charge in [0.2, 0.25) is 0 Å². The topological polar surface area (TPSA) is 73.1 Å². The summed E-state index contributed by atoms with van der Waals surface area (Å²) >= 11 is 6.52. The Morgan fingerprint density at radius 2 is 1.93 bits per heavy atom. The van der Waals surface area contributed by atoms with Crippen LogP contribution in [-0.2, 0) is 6.54 Å². The molecule has 3 rings (SSSR count). The van der Waals surface area contributed by atoms with Crippen molar-refractivity contribution in [2.45, 2.75) is 39.9 Å². The molecule has 4 N–H and O–H groups in total. The second-order valence-electron chi connectivity index (χ2n) is 6.35. The molecule has 0 bridgehead atoms. The van der Waals surface area contributed by atoms with Crippen LogP contribution in [0, 0.1) is 6.92 Å². The Kier molecular flexibility index (Phi) is 7.68. The van der Waals surface area contributed by atoms with Crippen LogP contribution in [-0.4, -0.2) is 40.5 Å². The lowest BCUT2D eigenvalue weighted by molar-refractivity contribution is 0.276. The molecular formula is C20H29ClFN5. The van der Waals surface area contributed by atoms with Gasteiger partial charge in [0, 0.05) is 19.6 Å². The van der Waals surface area contributed by atoms with E-state index in [0.29, 0.717) is 48.2 Å². The van der Waals surface area contributed by atoms with Crippen molar-refractivity contribution in [2.75, 3.05) is 25.4 Å². The maximum atomic E-state index is 13.3. The smallest absolute Gasteiger partial charge is 0.130 e. The van der Waals surface area contributed by atoms with Crippen LogP contribution in [0.2, 0.25) is 0 Å². The molecule has 0 saturated carbocycles. The summed E-state index contributed by atoms with van der Waals surface area (Å²) in [5.41, 5.74) is 15.2. The molecule has 1 aromatic heterocycles. The van der Waals surface area contributed by atoms with Gasteiger partial charge in [0.05, 0.1) is 28.5 Å². The fourth-order valence-corrected chi connectivity index (χ4v) is 3.49. The SMILES string of the molecule is CC.Cc1nn(CCN2CCC(F)C2)c(N)c1/C(Cl)=C(\N)c1ccccc1. The van der Waals surface area contributed by atoms with Gasteiger partial charge >= 0.3 is 0 Å². The largest absolute Gasteiger partial charge is 0.397 e. The molecule has 0 radical (unpaired) electrons. The maximum absolute atomic E-state index is 13.3. The van der Waals surface area contributed by atoms with E-state index in [2.05, 4.69) is 10.00 Å². The van der Waals surface area contributed by atoms with Crippen LogP contribution in [0.15, 0.2) is 30.3 Å². The van der Waals surface area contributed by atoms with Crippen LogP contribution in [0.1, 0.15) is 37.1 Å². The summed E-state index contributed by atoms with van der Waals surface area (Å²) in [7, 11) is 0. The number of aromatic nitrogens is 2. The minimum atomic E-state index is -0.727. The molecule has 1 unspecified atom stereocenters. The lowest BCUT2D eigenvalue weighted by Crippen LogP contribution is -2.26. The van der Waals surface area contributed by atoms with Crippen LogP contribution >= 0.6 is 11.6 Å². The van der Waals surface area contributed by atoms with Gasteiger partial charge in [0.1, 0.15) is 12.0 Å². The molecule has 1 saturated heterocycles. The Labute approximate surface area is 165 Å². The number of benzene rings is 1. The van der Waals surface area contributed by atoms with Gasteiger partial charge < -0.3 is 11.5 Å². The van der Waals surface area contributed by atoms with Gasteiger partial charge in [-0.15, -0.1) is 0 Å². The molecule has 7 heteroatoms. The predicted molar refractivity (Wildman–Crippen MR) is 112 cm³/mol. The summed E-state index contributed by atoms with van der Waals surface area (Å²) in [5.74, 6) is 0.484. The van der Waals surface area contributed by atoms with E-state index in [1.807, 2.05) is 51.1 Å². The van der Waals surface area contributed by atoms with Gasteiger partial charge in [0.25, 0.3) is 0 Å². The highest BCUT2D eigenvalue weighted by molar-refractivity contribution is 6.53. The normalized spacial score (nSPS) is 18.0. The number of aryl methyl sites for hydroxylation is 1. The van der Waals surface area contributed by atoms with Gasteiger partial charge in [-0.1, -0.05) is 55.8 Å². The van der Waals surface area contributed by atoms with E-state index in [1.54, 1.807) is 4.68 Å². The molecule has 148 valence electrons. The molecule has 1 aliphatic rings. The number of alkyl halides is 1. The molecule has 2 heterocycles. The van der Waals surface area contributed by atoms with Crippen molar-refractivity contribution in [1.82, 2.24) is 14.7 Å². The molecule has 1 fully saturated rings. The summed E-state index contributed by atoms with van der Waals surface area (Å²) < 4.78 is 15.0. The third-order valence-corrected chi connectivity index (χ3v) is 4.94. The number of likely N-dealkylation sites (tertiary alicyclic amines) is 1. The molecule has 5 nitrogen and oxygen atoms in total. The standard InChI is InChI=1S/C18H23ClFN5.C2H6/c1-12-15(16(19)17(21)13-5-3-2-4-6-13)18(22)25(23-12)10-9-24-8-7-14(20)11-24;1-2/h2-6,14H,7-11,21-22H2,1H3;1-2H3/b17-16+;. The zero-order valence-corrected chi connectivity index (χ0v) is 17.0. The Morgan fingerprint density at radius 3 is 2.52 bits per heavy atom. The first-order chi connectivity index (χ1) is 13.0. The average molecular weight is 394 g/mol. The minimum absolute atomic E-state index is 0.400. The predicted octanol–water partition coefficient (Wildman–Crippen LogP) is 3.87. The van der Waals surface area contributed by atoms with Crippen LogP contribution < -0.4 is 11.5 Å². The quantitative estimate of drug-likeness (QED) is 0.808. The third-order valence-electron chi connectivity index (χ3n) is 4.55. The highest BCUT2D eigenvalue weighted by Gasteiger charge is 2.23. The second-order valence-corrected chi connectivity index (χ2v) is 6.73. The van der Waals surface area contributed by atoms with Crippen molar-refractivity contribution >= 4 is 28.1 Å². The van der Waals surface area contributed by atoms with Crippen molar-refractivity contribution in [3.8, 4) is 0 Å². The monoisotopic (exact) mass is 393 g/mol. The number of nitrogens with zero attached hydrogens (tertiary/aromatic N) is 3. The van der Waals surface area contributed by atoms with Gasteiger partial charge in [-0.3, -0.25) is 4.90 Å². The number of nitrogen functional groups attached to an aromatic ring is 1. The van der Waals surface area contributed by atoms with Gasteiger partial charge in [0.15, 0.2) is 0 Å². The first kappa shape index (κ1) is 21.3. The Balaban J connectivity index is 0.00000126. The molecule has 0 spiro atoms. The van der Waals surface area contributed by atoms with Crippen LogP contribution in [0.5, 0.6) is 0 Å². The zero-order valence-electron chi connectivity index (χ0n) is 16.3. The molecule has 0 amide bonds. The summed E-state index contributed by atoms with van der Waals surface area (Å²) in [5, 5.41) is 4.88. The maximum Gasteiger partial charge on any atom is 0.130 e. The molecule has 2 aromatic rings. The van der Waals surface area contributed by atoms with E-state index >= 15 is 0 Å². The number of nitrogens with two attached hydrogens (primary N) is 2. The number of halogens is 2. The first-order valence-electron chi connectivity index (χ1n) is 9.37.